The minimum Gasteiger partial charge on any atom is -0.324 e. The van der Waals surface area contributed by atoms with E-state index in [1.807, 2.05) is 11.7 Å². The first-order chi connectivity index (χ1) is 7.61. The van der Waals surface area contributed by atoms with Gasteiger partial charge in [0.1, 0.15) is 0 Å². The summed E-state index contributed by atoms with van der Waals surface area (Å²) in [7, 11) is 2.00. The van der Waals surface area contributed by atoms with Crippen molar-refractivity contribution in [3.63, 3.8) is 0 Å². The smallest absolute Gasteiger partial charge is 0.0644 e. The lowest BCUT2D eigenvalue weighted by molar-refractivity contribution is 0.307. The number of hydrogen-bond donors (Lipinski definition) is 1. The fourth-order valence-electron chi connectivity index (χ4n) is 3.00. The van der Waals surface area contributed by atoms with Crippen molar-refractivity contribution in [2.24, 2.45) is 18.7 Å². The molecule has 1 aromatic heterocycles. The largest absolute Gasteiger partial charge is 0.324 e. The van der Waals surface area contributed by atoms with Crippen molar-refractivity contribution in [2.75, 3.05) is 0 Å². The maximum absolute atomic E-state index is 6.43. The minimum atomic E-state index is 0.189. The Kier molecular flexibility index (Phi) is 3.33. The van der Waals surface area contributed by atoms with Crippen LogP contribution in [0.2, 0.25) is 0 Å². The molecule has 1 saturated carbocycles. The first kappa shape index (κ1) is 11.6. The Bertz CT molecular complexity index is 361. The lowest BCUT2D eigenvalue weighted by Gasteiger charge is -2.27. The lowest BCUT2D eigenvalue weighted by Crippen LogP contribution is -2.24. The van der Waals surface area contributed by atoms with Crippen LogP contribution >= 0.6 is 0 Å². The molecule has 2 rings (SSSR count). The van der Waals surface area contributed by atoms with Gasteiger partial charge in [0.2, 0.25) is 0 Å². The van der Waals surface area contributed by atoms with Gasteiger partial charge < -0.3 is 5.73 Å². The van der Waals surface area contributed by atoms with Crippen molar-refractivity contribution in [1.82, 2.24) is 9.78 Å². The summed E-state index contributed by atoms with van der Waals surface area (Å²) in [6.07, 6.45) is 6.64. The topological polar surface area (TPSA) is 43.8 Å². The Balaban J connectivity index is 2.22. The second-order valence-electron chi connectivity index (χ2n) is 5.13. The van der Waals surface area contributed by atoms with E-state index in [1.165, 1.54) is 43.4 Å². The number of nitrogens with two attached hydrogens (primary N) is 1. The van der Waals surface area contributed by atoms with E-state index in [0.29, 0.717) is 5.92 Å². The van der Waals surface area contributed by atoms with Gasteiger partial charge in [0, 0.05) is 24.3 Å². The summed E-state index contributed by atoms with van der Waals surface area (Å²) in [5, 5.41) is 4.46. The first-order valence-corrected chi connectivity index (χ1v) is 6.37. The van der Waals surface area contributed by atoms with Crippen molar-refractivity contribution in [3.05, 3.63) is 17.0 Å². The Labute approximate surface area is 98.0 Å². The van der Waals surface area contributed by atoms with Crippen molar-refractivity contribution < 1.29 is 0 Å². The summed E-state index contributed by atoms with van der Waals surface area (Å²) >= 11 is 0. The molecule has 1 aliphatic rings. The second-order valence-corrected chi connectivity index (χ2v) is 5.13. The average Bonchev–Trinajstić information content (AvgIpc) is 2.54. The normalized spacial score (nSPS) is 20.0. The molecule has 1 atom stereocenters. The van der Waals surface area contributed by atoms with Crippen LogP contribution in [-0.4, -0.2) is 9.78 Å². The van der Waals surface area contributed by atoms with Crippen LogP contribution in [0.3, 0.4) is 0 Å². The van der Waals surface area contributed by atoms with Crippen molar-refractivity contribution in [3.8, 4) is 0 Å². The highest BCUT2D eigenvalue weighted by atomic mass is 15.3. The quantitative estimate of drug-likeness (QED) is 0.834. The van der Waals surface area contributed by atoms with Gasteiger partial charge in [-0.2, -0.15) is 5.10 Å². The van der Waals surface area contributed by atoms with E-state index in [-0.39, 0.29) is 6.04 Å². The lowest BCUT2D eigenvalue weighted by atomic mass is 9.81. The van der Waals surface area contributed by atoms with Gasteiger partial charge >= 0.3 is 0 Å². The van der Waals surface area contributed by atoms with Gasteiger partial charge in [-0.15, -0.1) is 0 Å². The van der Waals surface area contributed by atoms with Crippen molar-refractivity contribution in [1.29, 1.82) is 0 Å². The third-order valence-electron chi connectivity index (χ3n) is 4.06. The molecule has 3 nitrogen and oxygen atoms in total. The molecule has 2 N–H and O–H groups in total. The molecular weight excluding hydrogens is 198 g/mol. The summed E-state index contributed by atoms with van der Waals surface area (Å²) in [5.41, 5.74) is 10.1. The van der Waals surface area contributed by atoms with Crippen LogP contribution in [0.15, 0.2) is 0 Å². The second kappa shape index (κ2) is 4.58. The summed E-state index contributed by atoms with van der Waals surface area (Å²) in [5.74, 6) is 0.662. The van der Waals surface area contributed by atoms with E-state index in [4.69, 9.17) is 5.73 Å². The molecule has 1 aromatic rings. The zero-order valence-electron chi connectivity index (χ0n) is 10.7. The number of aryl methyl sites for hydroxylation is 2. The van der Waals surface area contributed by atoms with Crippen molar-refractivity contribution in [2.45, 2.75) is 52.0 Å². The maximum atomic E-state index is 6.43. The van der Waals surface area contributed by atoms with Gasteiger partial charge in [0.25, 0.3) is 0 Å². The molecule has 16 heavy (non-hydrogen) atoms. The third-order valence-corrected chi connectivity index (χ3v) is 4.06. The molecule has 0 aliphatic heterocycles. The minimum absolute atomic E-state index is 0.189. The van der Waals surface area contributed by atoms with E-state index in [0.717, 1.165) is 5.69 Å². The molecule has 0 bridgehead atoms. The Hall–Kier alpha value is -0.830. The highest BCUT2D eigenvalue weighted by Gasteiger charge is 2.26. The molecule has 90 valence electrons. The molecule has 1 unspecified atom stereocenters. The molecule has 1 aliphatic carbocycles. The van der Waals surface area contributed by atoms with E-state index in [2.05, 4.69) is 18.9 Å². The highest BCUT2D eigenvalue weighted by Crippen LogP contribution is 2.34. The molecule has 0 saturated heterocycles. The predicted molar refractivity (Wildman–Crippen MR) is 66.2 cm³/mol. The predicted octanol–water partition coefficient (Wildman–Crippen LogP) is 2.62. The van der Waals surface area contributed by atoms with Gasteiger partial charge in [0.15, 0.2) is 0 Å². The zero-order valence-corrected chi connectivity index (χ0v) is 10.7. The van der Waals surface area contributed by atoms with Gasteiger partial charge in [-0.25, -0.2) is 0 Å². The van der Waals surface area contributed by atoms with Crippen LogP contribution in [-0.2, 0) is 7.05 Å². The Morgan fingerprint density at radius 2 is 1.88 bits per heavy atom. The summed E-state index contributed by atoms with van der Waals surface area (Å²) in [6.45, 7) is 4.20. The van der Waals surface area contributed by atoms with E-state index < -0.39 is 0 Å². The van der Waals surface area contributed by atoms with Crippen molar-refractivity contribution >= 4 is 0 Å². The third kappa shape index (κ3) is 2.01. The number of aromatic nitrogens is 2. The Morgan fingerprint density at radius 1 is 1.25 bits per heavy atom. The van der Waals surface area contributed by atoms with Gasteiger partial charge in [-0.05, 0) is 32.6 Å². The monoisotopic (exact) mass is 221 g/mol. The number of nitrogens with zero attached hydrogens (tertiary/aromatic N) is 2. The fourth-order valence-corrected chi connectivity index (χ4v) is 3.00. The van der Waals surface area contributed by atoms with Crippen LogP contribution in [0, 0.1) is 19.8 Å². The molecular formula is C13H23N3. The zero-order chi connectivity index (χ0) is 11.7. The molecule has 0 amide bonds. The van der Waals surface area contributed by atoms with Gasteiger partial charge in [-0.1, -0.05) is 19.3 Å². The van der Waals surface area contributed by atoms with E-state index in [9.17, 15) is 0 Å². The summed E-state index contributed by atoms with van der Waals surface area (Å²) < 4.78 is 1.95. The molecule has 0 spiro atoms. The first-order valence-electron chi connectivity index (χ1n) is 6.37. The standard InChI is InChI=1S/C13H23N3/c1-9-12(10(2)16(3)15-9)13(14)11-7-5-4-6-8-11/h11,13H,4-8,14H2,1-3H3. The van der Waals surface area contributed by atoms with E-state index in [1.54, 1.807) is 0 Å². The van der Waals surface area contributed by atoms with E-state index >= 15 is 0 Å². The molecule has 0 aromatic carbocycles. The highest BCUT2D eigenvalue weighted by molar-refractivity contribution is 5.28. The van der Waals surface area contributed by atoms with Crippen LogP contribution in [0.1, 0.15) is 55.1 Å². The average molecular weight is 221 g/mol. The number of hydrogen-bond acceptors (Lipinski definition) is 2. The molecule has 1 heterocycles. The summed E-state index contributed by atoms with van der Waals surface area (Å²) in [6, 6.07) is 0.189. The molecule has 3 heteroatoms. The van der Waals surface area contributed by atoms with Crippen LogP contribution in [0.4, 0.5) is 0 Å². The Morgan fingerprint density at radius 3 is 2.38 bits per heavy atom. The van der Waals surface area contributed by atoms with Crippen LogP contribution < -0.4 is 5.73 Å². The van der Waals surface area contributed by atoms with Crippen LogP contribution in [0.25, 0.3) is 0 Å². The van der Waals surface area contributed by atoms with Crippen LogP contribution in [0.5, 0.6) is 0 Å². The van der Waals surface area contributed by atoms with Gasteiger partial charge in [0.05, 0.1) is 5.69 Å². The number of rotatable bonds is 2. The molecule has 0 radical (unpaired) electrons. The maximum Gasteiger partial charge on any atom is 0.0644 e. The molecule has 1 fully saturated rings. The van der Waals surface area contributed by atoms with Gasteiger partial charge in [-0.3, -0.25) is 4.68 Å². The fraction of sp³-hybridized carbons (Fsp3) is 0.769. The SMILES string of the molecule is Cc1nn(C)c(C)c1C(N)C1CCCCC1. The summed E-state index contributed by atoms with van der Waals surface area (Å²) in [4.78, 5) is 0.